The predicted octanol–water partition coefficient (Wildman–Crippen LogP) is 2.17. The number of halogens is 4. The molecule has 0 radical (unpaired) electrons. The number of amides is 1. The molecule has 1 saturated heterocycles. The van der Waals surface area contributed by atoms with Gasteiger partial charge in [0.15, 0.2) is 0 Å². The molecule has 18 heavy (non-hydrogen) atoms. The second-order valence-electron chi connectivity index (χ2n) is 3.88. The average Bonchev–Trinajstić information content (AvgIpc) is 2.62. The highest BCUT2D eigenvalue weighted by Gasteiger charge is 2.28. The van der Waals surface area contributed by atoms with E-state index in [1.54, 1.807) is 0 Å². The normalized spacial score (nSPS) is 19.2. The third-order valence-electron chi connectivity index (χ3n) is 2.66. The van der Waals surface area contributed by atoms with Crippen LogP contribution in [-0.2, 0) is 4.79 Å². The van der Waals surface area contributed by atoms with Crippen LogP contribution >= 0.6 is 0 Å². The summed E-state index contributed by atoms with van der Waals surface area (Å²) in [5.74, 6) is -3.50. The number of hydrogen-bond donors (Lipinski definition) is 1. The molecule has 1 heterocycles. The minimum atomic E-state index is -3.15. The van der Waals surface area contributed by atoms with Gasteiger partial charge in [0.2, 0.25) is 5.91 Å². The summed E-state index contributed by atoms with van der Waals surface area (Å²) in [5, 5.41) is 2.45. The van der Waals surface area contributed by atoms with Gasteiger partial charge in [-0.05, 0) is 0 Å². The Hall–Kier alpha value is -1.79. The summed E-state index contributed by atoms with van der Waals surface area (Å²) in [6, 6.07) is 1.38. The molecule has 1 aliphatic heterocycles. The Labute approximate surface area is 99.7 Å². The van der Waals surface area contributed by atoms with Crippen molar-refractivity contribution in [3.05, 3.63) is 29.3 Å². The molecule has 0 bridgehead atoms. The summed E-state index contributed by atoms with van der Waals surface area (Å²) in [5.41, 5.74) is -0.282. The molecule has 1 amide bonds. The Morgan fingerprint density at radius 2 is 1.89 bits per heavy atom. The molecule has 0 aliphatic carbocycles. The first-order chi connectivity index (χ1) is 8.47. The second kappa shape index (κ2) is 4.83. The maximum Gasteiger partial charge on any atom is 0.387 e. The molecule has 1 fully saturated rings. The number of rotatable bonds is 3. The van der Waals surface area contributed by atoms with Gasteiger partial charge >= 0.3 is 6.61 Å². The van der Waals surface area contributed by atoms with Crippen molar-refractivity contribution >= 4 is 5.91 Å². The monoisotopic (exact) mass is 263 g/mol. The first-order valence-electron chi connectivity index (χ1n) is 5.18. The van der Waals surface area contributed by atoms with Gasteiger partial charge in [0.25, 0.3) is 0 Å². The van der Waals surface area contributed by atoms with E-state index in [0.29, 0.717) is 12.1 Å². The molecular weight excluding hydrogens is 254 g/mol. The van der Waals surface area contributed by atoms with Crippen molar-refractivity contribution < 1.29 is 27.1 Å². The third kappa shape index (κ3) is 2.55. The molecule has 1 aromatic rings. The van der Waals surface area contributed by atoms with Crippen LogP contribution in [0.5, 0.6) is 5.75 Å². The summed E-state index contributed by atoms with van der Waals surface area (Å²) in [7, 11) is 0. The Balaban J connectivity index is 2.29. The molecule has 7 heteroatoms. The van der Waals surface area contributed by atoms with Gasteiger partial charge in [-0.2, -0.15) is 8.78 Å². The number of carbonyl (C=O) groups excluding carboxylic acids is 1. The van der Waals surface area contributed by atoms with Crippen molar-refractivity contribution in [1.29, 1.82) is 0 Å². The van der Waals surface area contributed by atoms with Crippen molar-refractivity contribution in [2.45, 2.75) is 19.0 Å². The van der Waals surface area contributed by atoms with Crippen LogP contribution in [0.25, 0.3) is 0 Å². The largest absolute Gasteiger partial charge is 0.435 e. The lowest BCUT2D eigenvalue weighted by Gasteiger charge is -2.12. The van der Waals surface area contributed by atoms with Crippen molar-refractivity contribution in [3.63, 3.8) is 0 Å². The second-order valence-corrected chi connectivity index (χ2v) is 3.88. The number of benzene rings is 1. The van der Waals surface area contributed by atoms with E-state index in [4.69, 9.17) is 0 Å². The van der Waals surface area contributed by atoms with E-state index in [9.17, 15) is 22.4 Å². The van der Waals surface area contributed by atoms with Crippen molar-refractivity contribution in [1.82, 2.24) is 5.32 Å². The van der Waals surface area contributed by atoms with E-state index < -0.39 is 29.9 Å². The minimum Gasteiger partial charge on any atom is -0.435 e. The first-order valence-corrected chi connectivity index (χ1v) is 5.18. The highest BCUT2D eigenvalue weighted by Crippen LogP contribution is 2.31. The quantitative estimate of drug-likeness (QED) is 0.849. The Bertz CT molecular complexity index is 455. The van der Waals surface area contributed by atoms with E-state index in [1.807, 2.05) is 0 Å². The van der Waals surface area contributed by atoms with E-state index in [0.717, 1.165) is 0 Å². The lowest BCUT2D eigenvalue weighted by molar-refractivity contribution is -0.119. The smallest absolute Gasteiger partial charge is 0.387 e. The molecule has 1 aliphatic rings. The molecule has 0 aromatic heterocycles. The van der Waals surface area contributed by atoms with Gasteiger partial charge in [0.1, 0.15) is 17.4 Å². The molecule has 2 rings (SSSR count). The van der Waals surface area contributed by atoms with Gasteiger partial charge < -0.3 is 10.1 Å². The van der Waals surface area contributed by atoms with Crippen LogP contribution in [0.1, 0.15) is 17.9 Å². The number of alkyl halides is 2. The minimum absolute atomic E-state index is 0.0249. The zero-order valence-corrected chi connectivity index (χ0v) is 9.05. The molecular formula is C11H9F4NO2. The first kappa shape index (κ1) is 12.7. The van der Waals surface area contributed by atoms with Crippen LogP contribution in [0.4, 0.5) is 17.6 Å². The average molecular weight is 263 g/mol. The zero-order valence-electron chi connectivity index (χ0n) is 9.05. The summed E-state index contributed by atoms with van der Waals surface area (Å²) >= 11 is 0. The van der Waals surface area contributed by atoms with Gasteiger partial charge in [0, 0.05) is 36.6 Å². The number of carbonyl (C=O) groups is 1. The number of hydrogen-bond acceptors (Lipinski definition) is 2. The fourth-order valence-electron chi connectivity index (χ4n) is 1.93. The van der Waals surface area contributed by atoms with Gasteiger partial charge in [-0.1, -0.05) is 0 Å². The molecule has 0 saturated carbocycles. The molecule has 1 aromatic carbocycles. The fourth-order valence-corrected chi connectivity index (χ4v) is 1.93. The molecule has 98 valence electrons. The Morgan fingerprint density at radius 3 is 2.33 bits per heavy atom. The van der Waals surface area contributed by atoms with Crippen molar-refractivity contribution in [2.24, 2.45) is 0 Å². The Kier molecular flexibility index (Phi) is 3.40. The number of nitrogens with one attached hydrogen (secondary N) is 1. The molecule has 1 atom stereocenters. The van der Waals surface area contributed by atoms with Crippen LogP contribution < -0.4 is 10.1 Å². The SMILES string of the molecule is O=C1CC(c2c(F)cc(OC(F)F)cc2F)CN1. The standard InChI is InChI=1S/C11H9F4NO2/c12-7-2-6(18-11(14)15)3-8(13)10(7)5-1-9(17)16-4-5/h2-3,5,11H,1,4H2,(H,16,17). The third-order valence-corrected chi connectivity index (χ3v) is 2.66. The maximum absolute atomic E-state index is 13.6. The highest BCUT2D eigenvalue weighted by molar-refractivity contribution is 5.79. The highest BCUT2D eigenvalue weighted by atomic mass is 19.3. The maximum atomic E-state index is 13.6. The van der Waals surface area contributed by atoms with E-state index in [-0.39, 0.29) is 24.4 Å². The van der Waals surface area contributed by atoms with Crippen LogP contribution in [-0.4, -0.2) is 19.1 Å². The van der Waals surface area contributed by atoms with E-state index in [1.165, 1.54) is 0 Å². The van der Waals surface area contributed by atoms with Gasteiger partial charge in [-0.15, -0.1) is 0 Å². The van der Waals surface area contributed by atoms with Crippen LogP contribution in [0.15, 0.2) is 12.1 Å². The van der Waals surface area contributed by atoms with Crippen LogP contribution in [0.2, 0.25) is 0 Å². The molecule has 3 nitrogen and oxygen atoms in total. The van der Waals surface area contributed by atoms with Gasteiger partial charge in [-0.25, -0.2) is 8.78 Å². The summed E-state index contributed by atoms with van der Waals surface area (Å²) in [4.78, 5) is 11.0. The van der Waals surface area contributed by atoms with Gasteiger partial charge in [0.05, 0.1) is 0 Å². The molecule has 1 N–H and O–H groups in total. The van der Waals surface area contributed by atoms with Crippen LogP contribution in [0.3, 0.4) is 0 Å². The van der Waals surface area contributed by atoms with E-state index in [2.05, 4.69) is 10.1 Å². The molecule has 1 unspecified atom stereocenters. The van der Waals surface area contributed by atoms with Crippen molar-refractivity contribution in [3.8, 4) is 5.75 Å². The topological polar surface area (TPSA) is 38.3 Å². The summed E-state index contributed by atoms with van der Waals surface area (Å²) in [6.07, 6.45) is -0.0249. The van der Waals surface area contributed by atoms with Crippen molar-refractivity contribution in [2.75, 3.05) is 6.54 Å². The Morgan fingerprint density at radius 1 is 1.28 bits per heavy atom. The van der Waals surface area contributed by atoms with E-state index >= 15 is 0 Å². The lowest BCUT2D eigenvalue weighted by atomic mass is 9.97. The predicted molar refractivity (Wildman–Crippen MR) is 53.4 cm³/mol. The summed E-state index contributed by atoms with van der Waals surface area (Å²) in [6.45, 7) is -3.02. The molecule has 0 spiro atoms. The summed E-state index contributed by atoms with van der Waals surface area (Å²) < 4.78 is 55.0. The van der Waals surface area contributed by atoms with Gasteiger partial charge in [-0.3, -0.25) is 4.79 Å². The lowest BCUT2D eigenvalue weighted by Crippen LogP contribution is -2.14. The zero-order chi connectivity index (χ0) is 13.3. The number of ether oxygens (including phenoxy) is 1. The fraction of sp³-hybridized carbons (Fsp3) is 0.364. The van der Waals surface area contributed by atoms with Crippen LogP contribution in [0, 0.1) is 11.6 Å².